The van der Waals surface area contributed by atoms with Crippen molar-refractivity contribution in [3.63, 3.8) is 0 Å². The average Bonchev–Trinajstić information content (AvgIpc) is 3.06. The number of hydrogen-bond donors (Lipinski definition) is 1. The number of hydrogen-bond acceptors (Lipinski definition) is 4. The van der Waals surface area contributed by atoms with Crippen molar-refractivity contribution in [2.45, 2.75) is 26.2 Å². The normalized spacial score (nSPS) is 11.1. The number of aryl methyl sites for hydroxylation is 1. The maximum atomic E-state index is 13.5. The first-order valence-electron chi connectivity index (χ1n) is 9.38. The lowest BCUT2D eigenvalue weighted by molar-refractivity contribution is 0.103. The minimum absolute atomic E-state index is 0.00802. The van der Waals surface area contributed by atoms with Gasteiger partial charge in [0, 0.05) is 23.9 Å². The lowest BCUT2D eigenvalue weighted by Gasteiger charge is -2.12. The molecule has 0 saturated heterocycles. The second-order valence-corrected chi connectivity index (χ2v) is 8.87. The number of likely N-dealkylation sites (N-methyl/N-ethyl adjacent to an activating group) is 1. The van der Waals surface area contributed by atoms with Crippen molar-refractivity contribution in [3.05, 3.63) is 60.4 Å². The number of nitrogens with one attached hydrogen (secondary N) is 1. The van der Waals surface area contributed by atoms with Crippen LogP contribution in [-0.4, -0.2) is 26.0 Å². The molecule has 0 atom stereocenters. The predicted octanol–water partition coefficient (Wildman–Crippen LogP) is 5.81. The van der Waals surface area contributed by atoms with Crippen molar-refractivity contribution in [3.8, 4) is 5.75 Å². The van der Waals surface area contributed by atoms with E-state index < -0.39 is 0 Å². The van der Waals surface area contributed by atoms with Gasteiger partial charge in [0.2, 0.25) is 0 Å². The van der Waals surface area contributed by atoms with Crippen molar-refractivity contribution in [1.82, 2.24) is 5.32 Å². The van der Waals surface area contributed by atoms with Crippen LogP contribution in [-0.2, 0) is 6.42 Å². The largest absolute Gasteiger partial charge is 0.490 e. The smallest absolute Gasteiger partial charge is 0.197 e. The number of furan rings is 1. The van der Waals surface area contributed by atoms with Crippen molar-refractivity contribution >= 4 is 61.9 Å². The Morgan fingerprint density at radius 2 is 1.89 bits per heavy atom. The second kappa shape index (κ2) is 10.1. The Morgan fingerprint density at radius 3 is 2.57 bits per heavy atom. The Bertz CT molecular complexity index is 958. The molecule has 0 bridgehead atoms. The molecule has 0 saturated carbocycles. The van der Waals surface area contributed by atoms with Crippen LogP contribution in [0.15, 0.2) is 40.8 Å². The van der Waals surface area contributed by atoms with E-state index in [-0.39, 0.29) is 5.78 Å². The fourth-order valence-electron chi connectivity index (χ4n) is 3.09. The molecular formula is C22H23I2NO3. The summed E-state index contributed by atoms with van der Waals surface area (Å²) in [6.45, 7) is 3.50. The third kappa shape index (κ3) is 4.71. The quantitative estimate of drug-likeness (QED) is 0.191. The Kier molecular flexibility index (Phi) is 7.76. The van der Waals surface area contributed by atoms with Crippen LogP contribution >= 0.6 is 45.2 Å². The molecule has 148 valence electrons. The zero-order valence-corrected chi connectivity index (χ0v) is 20.3. The molecule has 1 N–H and O–H groups in total. The van der Waals surface area contributed by atoms with Crippen molar-refractivity contribution < 1.29 is 13.9 Å². The monoisotopic (exact) mass is 603 g/mol. The number of para-hydroxylation sites is 1. The number of carbonyl (C=O) groups is 1. The number of benzene rings is 2. The molecule has 28 heavy (non-hydrogen) atoms. The van der Waals surface area contributed by atoms with Gasteiger partial charge in [0.1, 0.15) is 23.7 Å². The Balaban J connectivity index is 2.00. The van der Waals surface area contributed by atoms with Crippen LogP contribution in [0.2, 0.25) is 0 Å². The molecule has 0 spiro atoms. The maximum absolute atomic E-state index is 13.5. The van der Waals surface area contributed by atoms with Crippen LogP contribution < -0.4 is 10.1 Å². The van der Waals surface area contributed by atoms with Gasteiger partial charge in [-0.05, 0) is 76.8 Å². The van der Waals surface area contributed by atoms with Crippen LogP contribution in [0.25, 0.3) is 11.0 Å². The first-order chi connectivity index (χ1) is 13.6. The lowest BCUT2D eigenvalue weighted by Crippen LogP contribution is -2.17. The molecule has 0 aliphatic carbocycles. The summed E-state index contributed by atoms with van der Waals surface area (Å²) in [7, 11) is 1.90. The third-order valence-corrected chi connectivity index (χ3v) is 6.11. The number of rotatable bonds is 9. The lowest BCUT2D eigenvalue weighted by atomic mass is 9.98. The summed E-state index contributed by atoms with van der Waals surface area (Å²) >= 11 is 4.48. The molecule has 0 radical (unpaired) electrons. The van der Waals surface area contributed by atoms with Gasteiger partial charge < -0.3 is 14.5 Å². The van der Waals surface area contributed by atoms with E-state index in [9.17, 15) is 4.79 Å². The van der Waals surface area contributed by atoms with Crippen LogP contribution in [0.3, 0.4) is 0 Å². The van der Waals surface area contributed by atoms with E-state index in [0.29, 0.717) is 17.7 Å². The van der Waals surface area contributed by atoms with Gasteiger partial charge in [0.05, 0.1) is 12.7 Å². The molecule has 1 heterocycles. The molecule has 1 aromatic heterocycles. The third-order valence-electron chi connectivity index (χ3n) is 4.51. The molecule has 0 aliphatic heterocycles. The second-order valence-electron chi connectivity index (χ2n) is 6.55. The number of ether oxygens (including phenoxy) is 1. The number of unbranched alkanes of at least 4 members (excludes halogenated alkanes) is 1. The summed E-state index contributed by atoms with van der Waals surface area (Å²) in [5, 5.41) is 3.96. The Hall–Kier alpha value is -1.13. The highest BCUT2D eigenvalue weighted by molar-refractivity contribution is 14.1. The molecule has 3 rings (SSSR count). The van der Waals surface area contributed by atoms with Crippen LogP contribution in [0, 0.1) is 7.14 Å². The zero-order chi connectivity index (χ0) is 20.1. The average molecular weight is 603 g/mol. The standard InChI is InChI=1S/C22H23I2NO3/c1-3-4-8-19-20(15-7-5-6-9-18(15)28-19)21(26)14-12-16(23)22(17(24)13-14)27-11-10-25-2/h5-7,9,12-13,25H,3-4,8,10-11H2,1-2H3. The Morgan fingerprint density at radius 1 is 1.18 bits per heavy atom. The summed E-state index contributed by atoms with van der Waals surface area (Å²) in [5.41, 5.74) is 2.13. The van der Waals surface area contributed by atoms with Gasteiger partial charge in [0.25, 0.3) is 0 Å². The van der Waals surface area contributed by atoms with Gasteiger partial charge in [-0.25, -0.2) is 0 Å². The van der Waals surface area contributed by atoms with Gasteiger partial charge in [-0.3, -0.25) is 4.79 Å². The van der Waals surface area contributed by atoms with E-state index in [2.05, 4.69) is 57.4 Å². The van der Waals surface area contributed by atoms with Crippen molar-refractivity contribution in [2.24, 2.45) is 0 Å². The van der Waals surface area contributed by atoms with Gasteiger partial charge in [0.15, 0.2) is 5.78 Å². The summed E-state index contributed by atoms with van der Waals surface area (Å²) < 4.78 is 13.8. The van der Waals surface area contributed by atoms with Gasteiger partial charge >= 0.3 is 0 Å². The summed E-state index contributed by atoms with van der Waals surface area (Å²) in [5.74, 6) is 1.62. The topological polar surface area (TPSA) is 51.5 Å². The number of fused-ring (bicyclic) bond motifs is 1. The van der Waals surface area contributed by atoms with E-state index in [0.717, 1.165) is 55.4 Å². The molecule has 0 unspecified atom stereocenters. The van der Waals surface area contributed by atoms with E-state index in [1.54, 1.807) is 0 Å². The molecule has 2 aromatic carbocycles. The molecular weight excluding hydrogens is 580 g/mol. The molecule has 4 nitrogen and oxygen atoms in total. The van der Waals surface area contributed by atoms with Crippen molar-refractivity contribution in [1.29, 1.82) is 0 Å². The number of ketones is 1. The van der Waals surface area contributed by atoms with E-state index in [1.807, 2.05) is 43.4 Å². The maximum Gasteiger partial charge on any atom is 0.197 e. The van der Waals surface area contributed by atoms with E-state index in [1.165, 1.54) is 0 Å². The molecule has 6 heteroatoms. The summed E-state index contributed by atoms with van der Waals surface area (Å²) in [4.78, 5) is 13.5. The van der Waals surface area contributed by atoms with E-state index in [4.69, 9.17) is 9.15 Å². The fraction of sp³-hybridized carbons (Fsp3) is 0.318. The number of halogens is 2. The molecule has 0 aliphatic rings. The van der Waals surface area contributed by atoms with Crippen LogP contribution in [0.4, 0.5) is 0 Å². The highest BCUT2D eigenvalue weighted by atomic mass is 127. The molecule has 0 fully saturated rings. The highest BCUT2D eigenvalue weighted by Crippen LogP contribution is 2.33. The van der Waals surface area contributed by atoms with Gasteiger partial charge in [-0.2, -0.15) is 0 Å². The first-order valence-corrected chi connectivity index (χ1v) is 11.5. The minimum atomic E-state index is 0.00802. The van der Waals surface area contributed by atoms with Crippen LogP contribution in [0.1, 0.15) is 41.4 Å². The molecule has 3 aromatic rings. The fourth-order valence-corrected chi connectivity index (χ4v) is 5.17. The first kappa shape index (κ1) is 21.6. The van der Waals surface area contributed by atoms with Crippen LogP contribution in [0.5, 0.6) is 5.75 Å². The molecule has 0 amide bonds. The summed E-state index contributed by atoms with van der Waals surface area (Å²) in [6.07, 6.45) is 2.82. The van der Waals surface area contributed by atoms with Gasteiger partial charge in [-0.15, -0.1) is 0 Å². The zero-order valence-electron chi connectivity index (χ0n) is 16.0. The van der Waals surface area contributed by atoms with E-state index >= 15 is 0 Å². The van der Waals surface area contributed by atoms with Crippen molar-refractivity contribution in [2.75, 3.05) is 20.2 Å². The number of carbonyl (C=O) groups excluding carboxylic acids is 1. The van der Waals surface area contributed by atoms with Gasteiger partial charge in [-0.1, -0.05) is 31.5 Å². The SMILES string of the molecule is CCCCc1oc2ccccc2c1C(=O)c1cc(I)c(OCCNC)c(I)c1. The minimum Gasteiger partial charge on any atom is -0.490 e. The summed E-state index contributed by atoms with van der Waals surface area (Å²) in [6, 6.07) is 11.6. The highest BCUT2D eigenvalue weighted by Gasteiger charge is 2.23. The Labute approximate surface area is 192 Å². The predicted molar refractivity (Wildman–Crippen MR) is 130 cm³/mol.